The van der Waals surface area contributed by atoms with Crippen LogP contribution >= 0.6 is 0 Å². The van der Waals surface area contributed by atoms with Gasteiger partial charge in [-0.15, -0.1) is 0 Å². The van der Waals surface area contributed by atoms with Crippen LogP contribution in [0.15, 0.2) is 91.0 Å². The predicted octanol–water partition coefficient (Wildman–Crippen LogP) is 9.47. The number of hydrogen-bond acceptors (Lipinski definition) is 0. The summed E-state index contributed by atoms with van der Waals surface area (Å²) < 4.78 is 116. The zero-order chi connectivity index (χ0) is 25.0. The summed E-state index contributed by atoms with van der Waals surface area (Å²) in [6.07, 6.45) is -7.50. The van der Waals surface area contributed by atoms with Crippen molar-refractivity contribution >= 4 is 17.5 Å². The molecule has 0 bridgehead atoms. The standard InChI is InChI=1S/C25H13F9/c26-20(23(29)30)16-7-1-13(2-8-16)19(14-3-9-17(10-4-14)21(27)24(31)32)15-5-11-18(12-6-15)22(28)25(33)34/h1-12,19H. The van der Waals surface area contributed by atoms with E-state index in [2.05, 4.69) is 0 Å². The third-order valence-electron chi connectivity index (χ3n) is 4.99. The first-order valence-corrected chi connectivity index (χ1v) is 9.53. The van der Waals surface area contributed by atoms with E-state index >= 15 is 0 Å². The number of benzene rings is 3. The summed E-state index contributed by atoms with van der Waals surface area (Å²) in [4.78, 5) is 0. The molecule has 0 aromatic heterocycles. The van der Waals surface area contributed by atoms with Crippen LogP contribution in [-0.4, -0.2) is 0 Å². The molecule has 0 N–H and O–H groups in total. The Hall–Kier alpha value is -3.75. The molecule has 34 heavy (non-hydrogen) atoms. The molecule has 9 heteroatoms. The van der Waals surface area contributed by atoms with Crippen molar-refractivity contribution in [3.05, 3.63) is 124 Å². The minimum absolute atomic E-state index is 0.385. The van der Waals surface area contributed by atoms with Crippen LogP contribution in [0.2, 0.25) is 0 Å². The highest BCUT2D eigenvalue weighted by molar-refractivity contribution is 5.63. The first kappa shape index (κ1) is 24.9. The van der Waals surface area contributed by atoms with Gasteiger partial charge in [-0.1, -0.05) is 72.8 Å². The lowest BCUT2D eigenvalue weighted by molar-refractivity contribution is 0.410. The highest BCUT2D eigenvalue weighted by Gasteiger charge is 2.20. The van der Waals surface area contributed by atoms with Crippen molar-refractivity contribution in [3.63, 3.8) is 0 Å². The summed E-state index contributed by atoms with van der Waals surface area (Å²) >= 11 is 0. The van der Waals surface area contributed by atoms with Gasteiger partial charge in [0.05, 0.1) is 0 Å². The summed E-state index contributed by atoms with van der Waals surface area (Å²) in [7, 11) is 0. The van der Waals surface area contributed by atoms with Crippen LogP contribution in [0.5, 0.6) is 0 Å². The Morgan fingerprint density at radius 3 is 0.735 bits per heavy atom. The van der Waals surface area contributed by atoms with Gasteiger partial charge in [0.2, 0.25) is 0 Å². The Morgan fingerprint density at radius 2 is 0.559 bits per heavy atom. The second-order valence-electron chi connectivity index (χ2n) is 7.02. The summed E-state index contributed by atoms with van der Waals surface area (Å²) in [5.74, 6) is -5.85. The van der Waals surface area contributed by atoms with E-state index in [9.17, 15) is 39.5 Å². The summed E-state index contributed by atoms with van der Waals surface area (Å²) in [5, 5.41) is 0. The topological polar surface area (TPSA) is 0 Å². The number of rotatable bonds is 6. The van der Waals surface area contributed by atoms with Crippen LogP contribution in [-0.2, 0) is 0 Å². The molecule has 3 aromatic carbocycles. The second-order valence-corrected chi connectivity index (χ2v) is 7.02. The van der Waals surface area contributed by atoms with E-state index in [1.165, 1.54) is 36.4 Å². The Bertz CT molecular complexity index is 1080. The fraction of sp³-hybridized carbons (Fsp3) is 0.0400. The minimum atomic E-state index is -2.50. The first-order chi connectivity index (χ1) is 16.1. The van der Waals surface area contributed by atoms with E-state index in [0.717, 1.165) is 36.4 Å². The Kier molecular flexibility index (Phi) is 7.65. The molecule has 0 heterocycles. The molecule has 0 radical (unpaired) electrons. The van der Waals surface area contributed by atoms with Crippen LogP contribution in [0.3, 0.4) is 0 Å². The van der Waals surface area contributed by atoms with Crippen LogP contribution in [0.4, 0.5) is 39.5 Å². The quantitative estimate of drug-likeness (QED) is 0.242. The summed E-state index contributed by atoms with van der Waals surface area (Å²) in [5.41, 5.74) is 0.128. The largest absolute Gasteiger partial charge is 0.306 e. The zero-order valence-electron chi connectivity index (χ0n) is 16.9. The Balaban J connectivity index is 2.10. The molecule has 0 unspecified atom stereocenters. The van der Waals surface area contributed by atoms with Crippen LogP contribution in [0, 0.1) is 0 Å². The highest BCUT2D eigenvalue weighted by atomic mass is 19.3. The van der Waals surface area contributed by atoms with Gasteiger partial charge in [-0.2, -0.15) is 26.3 Å². The van der Waals surface area contributed by atoms with Gasteiger partial charge in [-0.3, -0.25) is 0 Å². The zero-order valence-corrected chi connectivity index (χ0v) is 16.9. The molecule has 0 saturated heterocycles. The van der Waals surface area contributed by atoms with Crippen LogP contribution < -0.4 is 0 Å². The minimum Gasteiger partial charge on any atom is -0.200 e. The molecule has 0 nitrogen and oxygen atoms in total. The fourth-order valence-corrected chi connectivity index (χ4v) is 3.37. The lowest BCUT2D eigenvalue weighted by Crippen LogP contribution is -2.04. The number of halogens is 9. The van der Waals surface area contributed by atoms with Crippen molar-refractivity contribution in [2.24, 2.45) is 0 Å². The van der Waals surface area contributed by atoms with Crippen LogP contribution in [0.25, 0.3) is 17.5 Å². The maximum Gasteiger partial charge on any atom is 0.306 e. The molecular formula is C25H13F9. The highest BCUT2D eigenvalue weighted by Crippen LogP contribution is 2.35. The van der Waals surface area contributed by atoms with Crippen LogP contribution in [0.1, 0.15) is 39.3 Å². The van der Waals surface area contributed by atoms with Gasteiger partial charge in [0.1, 0.15) is 0 Å². The van der Waals surface area contributed by atoms with Crippen molar-refractivity contribution in [1.29, 1.82) is 0 Å². The smallest absolute Gasteiger partial charge is 0.200 e. The monoisotopic (exact) mass is 484 g/mol. The van der Waals surface area contributed by atoms with Gasteiger partial charge in [0.25, 0.3) is 0 Å². The lowest BCUT2D eigenvalue weighted by atomic mass is 9.84. The molecule has 0 aliphatic carbocycles. The van der Waals surface area contributed by atoms with E-state index in [-0.39, 0.29) is 16.7 Å². The molecule has 0 saturated carbocycles. The van der Waals surface area contributed by atoms with Gasteiger partial charge in [-0.05, 0) is 16.7 Å². The normalized spacial score (nSPS) is 10.8. The van der Waals surface area contributed by atoms with E-state index in [0.29, 0.717) is 16.7 Å². The van der Waals surface area contributed by atoms with E-state index in [4.69, 9.17) is 0 Å². The average Bonchev–Trinajstić information content (AvgIpc) is 2.84. The predicted molar refractivity (Wildman–Crippen MR) is 111 cm³/mol. The van der Waals surface area contributed by atoms with Crippen molar-refractivity contribution in [3.8, 4) is 0 Å². The molecule has 176 valence electrons. The maximum atomic E-state index is 13.5. The lowest BCUT2D eigenvalue weighted by Gasteiger charge is -2.20. The number of hydrogen-bond donors (Lipinski definition) is 0. The van der Waals surface area contributed by atoms with Gasteiger partial charge in [-0.25, -0.2) is 13.2 Å². The second kappa shape index (κ2) is 10.5. The van der Waals surface area contributed by atoms with E-state index < -0.39 is 41.6 Å². The van der Waals surface area contributed by atoms with Gasteiger partial charge in [0, 0.05) is 22.6 Å². The molecule has 0 spiro atoms. The van der Waals surface area contributed by atoms with Crippen molar-refractivity contribution in [2.45, 2.75) is 5.92 Å². The molecule has 0 atom stereocenters. The molecule has 3 aromatic rings. The summed E-state index contributed by atoms with van der Waals surface area (Å²) in [6.45, 7) is 0. The molecule has 0 aliphatic heterocycles. The van der Waals surface area contributed by atoms with Gasteiger partial charge >= 0.3 is 18.2 Å². The fourth-order valence-electron chi connectivity index (χ4n) is 3.37. The molecule has 0 amide bonds. The summed E-state index contributed by atoms with van der Waals surface area (Å²) in [6, 6.07) is 14.6. The molecule has 3 rings (SSSR count). The van der Waals surface area contributed by atoms with Gasteiger partial charge in [0.15, 0.2) is 17.5 Å². The Morgan fingerprint density at radius 1 is 0.353 bits per heavy atom. The van der Waals surface area contributed by atoms with Crippen molar-refractivity contribution in [1.82, 2.24) is 0 Å². The Labute approximate surface area is 188 Å². The first-order valence-electron chi connectivity index (χ1n) is 9.53. The SMILES string of the molecule is FC(F)=C(F)c1ccc(C(c2ccc(C(F)=C(F)F)cc2)c2ccc(C(F)=C(F)F)cc2)cc1. The average molecular weight is 484 g/mol. The third kappa shape index (κ3) is 5.41. The van der Waals surface area contributed by atoms with Crippen molar-refractivity contribution in [2.75, 3.05) is 0 Å². The maximum absolute atomic E-state index is 13.5. The van der Waals surface area contributed by atoms with Crippen molar-refractivity contribution < 1.29 is 39.5 Å². The molecule has 0 fully saturated rings. The third-order valence-corrected chi connectivity index (χ3v) is 4.99. The van der Waals surface area contributed by atoms with E-state index in [1.807, 2.05) is 0 Å². The molecular weight excluding hydrogens is 471 g/mol. The van der Waals surface area contributed by atoms with Gasteiger partial charge < -0.3 is 0 Å². The molecule has 0 aliphatic rings. The van der Waals surface area contributed by atoms with E-state index in [1.54, 1.807) is 0 Å².